The van der Waals surface area contributed by atoms with Gasteiger partial charge in [0.05, 0.1) is 0 Å². The van der Waals surface area contributed by atoms with Gasteiger partial charge in [-0.3, -0.25) is 0 Å². The van der Waals surface area contributed by atoms with Crippen molar-refractivity contribution < 1.29 is 0 Å². The van der Waals surface area contributed by atoms with Crippen LogP contribution in [0.15, 0.2) is 28.7 Å². The Balaban J connectivity index is 1.79. The van der Waals surface area contributed by atoms with Gasteiger partial charge in [-0.1, -0.05) is 28.1 Å². The van der Waals surface area contributed by atoms with E-state index >= 15 is 0 Å². The van der Waals surface area contributed by atoms with E-state index in [1.165, 1.54) is 40.1 Å². The van der Waals surface area contributed by atoms with Gasteiger partial charge in [0.2, 0.25) is 0 Å². The molecule has 82 valence electrons. The Hall–Kier alpha value is 0.400. The van der Waals surface area contributed by atoms with Crippen molar-refractivity contribution in [3.63, 3.8) is 0 Å². The highest BCUT2D eigenvalue weighted by Gasteiger charge is 2.13. The van der Waals surface area contributed by atoms with E-state index in [-0.39, 0.29) is 0 Å². The van der Waals surface area contributed by atoms with Crippen LogP contribution < -0.4 is 0 Å². The van der Waals surface area contributed by atoms with Crippen LogP contribution in [0.1, 0.15) is 12.0 Å². The molecule has 0 saturated carbocycles. The van der Waals surface area contributed by atoms with Gasteiger partial charge in [-0.2, -0.15) is 23.5 Å². The fourth-order valence-corrected chi connectivity index (χ4v) is 4.69. The molecule has 2 rings (SSSR count). The zero-order valence-electron chi connectivity index (χ0n) is 8.62. The van der Waals surface area contributed by atoms with Crippen LogP contribution in [-0.4, -0.2) is 22.5 Å². The van der Waals surface area contributed by atoms with E-state index < -0.39 is 0 Å². The summed E-state index contributed by atoms with van der Waals surface area (Å²) in [6, 6.07) is 8.73. The zero-order chi connectivity index (χ0) is 10.5. The van der Waals surface area contributed by atoms with Crippen molar-refractivity contribution in [2.45, 2.75) is 18.1 Å². The van der Waals surface area contributed by atoms with Crippen LogP contribution in [0.3, 0.4) is 0 Å². The Morgan fingerprint density at radius 2 is 2.00 bits per heavy atom. The van der Waals surface area contributed by atoms with Crippen LogP contribution in [-0.2, 0) is 6.42 Å². The molecule has 1 heterocycles. The van der Waals surface area contributed by atoms with Gasteiger partial charge < -0.3 is 0 Å². The van der Waals surface area contributed by atoms with E-state index in [4.69, 9.17) is 0 Å². The molecular weight excluding hydrogens is 288 g/mol. The van der Waals surface area contributed by atoms with Gasteiger partial charge in [0.15, 0.2) is 0 Å². The first-order chi connectivity index (χ1) is 7.34. The number of halogens is 1. The van der Waals surface area contributed by atoms with Crippen LogP contribution in [0.25, 0.3) is 0 Å². The predicted molar refractivity (Wildman–Crippen MR) is 76.0 cm³/mol. The minimum Gasteiger partial charge on any atom is -0.160 e. The Morgan fingerprint density at radius 1 is 1.20 bits per heavy atom. The lowest BCUT2D eigenvalue weighted by molar-refractivity contribution is 0.816. The predicted octanol–water partition coefficient (Wildman–Crippen LogP) is 4.23. The largest absolute Gasteiger partial charge is 0.160 e. The fourth-order valence-electron chi connectivity index (χ4n) is 1.68. The monoisotopic (exact) mass is 302 g/mol. The van der Waals surface area contributed by atoms with Gasteiger partial charge in [-0.25, -0.2) is 0 Å². The zero-order valence-corrected chi connectivity index (χ0v) is 11.8. The number of thioether (sulfide) groups is 2. The summed E-state index contributed by atoms with van der Waals surface area (Å²) in [7, 11) is 0. The quantitative estimate of drug-likeness (QED) is 0.819. The number of rotatable bonds is 3. The second-order valence-electron chi connectivity index (χ2n) is 3.73. The summed E-state index contributed by atoms with van der Waals surface area (Å²) >= 11 is 7.73. The van der Waals surface area contributed by atoms with Crippen LogP contribution in [0, 0.1) is 0 Å². The lowest BCUT2D eigenvalue weighted by Gasteiger charge is -2.20. The van der Waals surface area contributed by atoms with Crippen molar-refractivity contribution in [2.24, 2.45) is 0 Å². The molecule has 1 aromatic rings. The molecule has 1 aliphatic heterocycles. The molecule has 1 fully saturated rings. The molecule has 0 spiro atoms. The summed E-state index contributed by atoms with van der Waals surface area (Å²) in [4.78, 5) is 0. The molecule has 0 nitrogen and oxygen atoms in total. The molecule has 0 amide bonds. The van der Waals surface area contributed by atoms with Crippen LogP contribution in [0.5, 0.6) is 0 Å². The first-order valence-electron chi connectivity index (χ1n) is 5.28. The van der Waals surface area contributed by atoms with Crippen molar-refractivity contribution in [3.05, 3.63) is 34.3 Å². The highest BCUT2D eigenvalue weighted by Crippen LogP contribution is 2.27. The summed E-state index contributed by atoms with van der Waals surface area (Å²) < 4.78 is 1.17. The minimum absolute atomic E-state index is 0.882. The first kappa shape index (κ1) is 11.9. The van der Waals surface area contributed by atoms with Gasteiger partial charge in [-0.05, 0) is 30.5 Å². The minimum atomic E-state index is 0.882. The molecule has 3 heteroatoms. The third-order valence-corrected chi connectivity index (χ3v) is 6.00. The summed E-state index contributed by atoms with van der Waals surface area (Å²) in [6.45, 7) is 0. The second kappa shape index (κ2) is 6.21. The smallest absolute Gasteiger partial charge is 0.0175 e. The van der Waals surface area contributed by atoms with Gasteiger partial charge in [0.1, 0.15) is 0 Å². The number of hydrogen-bond acceptors (Lipinski definition) is 2. The molecule has 1 aromatic carbocycles. The van der Waals surface area contributed by atoms with Crippen molar-refractivity contribution in [3.8, 4) is 0 Å². The highest BCUT2D eigenvalue weighted by atomic mass is 79.9. The molecule has 1 unspecified atom stereocenters. The topological polar surface area (TPSA) is 0 Å². The molecule has 1 atom stereocenters. The molecule has 1 saturated heterocycles. The van der Waals surface area contributed by atoms with Gasteiger partial charge in [0.25, 0.3) is 0 Å². The van der Waals surface area contributed by atoms with Crippen molar-refractivity contribution in [1.29, 1.82) is 0 Å². The standard InChI is InChI=1S/C12H15BrS2/c13-11-4-1-10(2-5-11)3-6-12-9-14-7-8-15-12/h1-2,4-5,12H,3,6-9H2. The summed E-state index contributed by atoms with van der Waals surface area (Å²) in [5, 5.41) is 0.882. The Kier molecular flexibility index (Phi) is 4.92. The average molecular weight is 303 g/mol. The van der Waals surface area contributed by atoms with Crippen molar-refractivity contribution in [2.75, 3.05) is 17.3 Å². The maximum Gasteiger partial charge on any atom is 0.0175 e. The van der Waals surface area contributed by atoms with Crippen LogP contribution in [0.4, 0.5) is 0 Å². The summed E-state index contributed by atoms with van der Waals surface area (Å²) in [5.74, 6) is 4.04. The van der Waals surface area contributed by atoms with E-state index in [2.05, 4.69) is 63.7 Å². The number of aryl methyl sites for hydroxylation is 1. The SMILES string of the molecule is Brc1ccc(CCC2CSCCS2)cc1. The van der Waals surface area contributed by atoms with Crippen LogP contribution in [0.2, 0.25) is 0 Å². The summed E-state index contributed by atoms with van der Waals surface area (Å²) in [6.07, 6.45) is 2.56. The van der Waals surface area contributed by atoms with Gasteiger partial charge in [0, 0.05) is 27.0 Å². The maximum atomic E-state index is 3.47. The van der Waals surface area contributed by atoms with Crippen molar-refractivity contribution >= 4 is 39.5 Å². The van der Waals surface area contributed by atoms with E-state index in [0.29, 0.717) is 0 Å². The van der Waals surface area contributed by atoms with E-state index in [9.17, 15) is 0 Å². The Bertz CT molecular complexity index is 291. The average Bonchev–Trinajstić information content (AvgIpc) is 2.30. The van der Waals surface area contributed by atoms with E-state index in [1.54, 1.807) is 0 Å². The molecular formula is C12H15BrS2. The lowest BCUT2D eigenvalue weighted by atomic mass is 10.1. The van der Waals surface area contributed by atoms with E-state index in [0.717, 1.165) is 5.25 Å². The normalized spacial score (nSPS) is 21.5. The Morgan fingerprint density at radius 3 is 2.67 bits per heavy atom. The number of hydrogen-bond donors (Lipinski definition) is 0. The molecule has 0 aliphatic carbocycles. The first-order valence-corrected chi connectivity index (χ1v) is 8.28. The fraction of sp³-hybridized carbons (Fsp3) is 0.500. The maximum absolute atomic E-state index is 3.47. The van der Waals surface area contributed by atoms with Crippen LogP contribution >= 0.6 is 39.5 Å². The van der Waals surface area contributed by atoms with Crippen molar-refractivity contribution in [1.82, 2.24) is 0 Å². The Labute approximate surface area is 109 Å². The van der Waals surface area contributed by atoms with E-state index in [1.807, 2.05) is 0 Å². The second-order valence-corrected chi connectivity index (χ2v) is 7.21. The molecule has 1 aliphatic rings. The molecule has 0 radical (unpaired) electrons. The summed E-state index contributed by atoms with van der Waals surface area (Å²) in [5.41, 5.74) is 1.47. The highest BCUT2D eigenvalue weighted by molar-refractivity contribution is 9.10. The number of benzene rings is 1. The lowest BCUT2D eigenvalue weighted by Crippen LogP contribution is -2.14. The van der Waals surface area contributed by atoms with Gasteiger partial charge >= 0.3 is 0 Å². The molecule has 0 bridgehead atoms. The third kappa shape index (κ3) is 4.04. The molecule has 0 N–H and O–H groups in total. The third-order valence-electron chi connectivity index (χ3n) is 2.55. The molecule has 0 aromatic heterocycles. The van der Waals surface area contributed by atoms with Gasteiger partial charge in [-0.15, -0.1) is 0 Å². The molecule has 15 heavy (non-hydrogen) atoms.